The van der Waals surface area contributed by atoms with Crippen molar-refractivity contribution >= 4 is 15.7 Å². The average molecular weight is 313 g/mol. The maximum atomic E-state index is 12.3. The molecule has 1 aromatic carbocycles. The van der Waals surface area contributed by atoms with Crippen molar-refractivity contribution in [3.05, 3.63) is 24.3 Å². The lowest BCUT2D eigenvalue weighted by molar-refractivity contribution is 0.379. The summed E-state index contributed by atoms with van der Waals surface area (Å²) >= 11 is 0. The van der Waals surface area contributed by atoms with Gasteiger partial charge in [0.15, 0.2) is 0 Å². The Bertz CT molecular complexity index is 556. The fraction of sp³-hybridized carbons (Fsp3) is 0.600. The Hall–Kier alpha value is -1.11. The Morgan fingerprint density at radius 2 is 1.86 bits per heavy atom. The fourth-order valence-electron chi connectivity index (χ4n) is 2.16. The number of nitrogens with zero attached hydrogens (tertiary/aromatic N) is 1. The number of rotatable bonds is 8. The number of nitrogens with two attached hydrogens (primary N) is 1. The highest BCUT2D eigenvalue weighted by Crippen LogP contribution is 2.27. The molecular formula is C15H27N3O2S. The third-order valence-corrected chi connectivity index (χ3v) is 4.98. The van der Waals surface area contributed by atoms with Crippen molar-refractivity contribution in [3.8, 4) is 0 Å². The SMILES string of the molecule is CCNS(=O)(=O)c1ccccc1N(CC)CC(C)(C)CN. The highest BCUT2D eigenvalue weighted by atomic mass is 32.2. The van der Waals surface area contributed by atoms with Gasteiger partial charge in [-0.25, -0.2) is 13.1 Å². The minimum atomic E-state index is -3.48. The van der Waals surface area contributed by atoms with Crippen LogP contribution in [0.1, 0.15) is 27.7 Å². The molecule has 0 aliphatic heterocycles. The van der Waals surface area contributed by atoms with E-state index in [-0.39, 0.29) is 5.41 Å². The number of sulfonamides is 1. The number of benzene rings is 1. The molecule has 0 spiro atoms. The summed E-state index contributed by atoms with van der Waals surface area (Å²) in [5.41, 5.74) is 6.45. The van der Waals surface area contributed by atoms with Gasteiger partial charge in [-0.15, -0.1) is 0 Å². The molecule has 0 unspecified atom stereocenters. The predicted molar refractivity (Wildman–Crippen MR) is 88.0 cm³/mol. The van der Waals surface area contributed by atoms with Gasteiger partial charge in [0.1, 0.15) is 4.90 Å². The van der Waals surface area contributed by atoms with E-state index in [1.807, 2.05) is 19.1 Å². The van der Waals surface area contributed by atoms with Crippen molar-refractivity contribution in [2.24, 2.45) is 11.1 Å². The average Bonchev–Trinajstić information content (AvgIpc) is 2.45. The molecule has 1 rings (SSSR count). The molecular weight excluding hydrogens is 286 g/mol. The Kier molecular flexibility index (Phi) is 6.19. The van der Waals surface area contributed by atoms with Crippen LogP contribution in [-0.4, -0.2) is 34.6 Å². The minimum Gasteiger partial charge on any atom is -0.370 e. The van der Waals surface area contributed by atoms with Crippen molar-refractivity contribution < 1.29 is 8.42 Å². The molecule has 0 aliphatic carbocycles. The van der Waals surface area contributed by atoms with Gasteiger partial charge >= 0.3 is 0 Å². The van der Waals surface area contributed by atoms with E-state index in [0.717, 1.165) is 12.2 Å². The topological polar surface area (TPSA) is 75.4 Å². The highest BCUT2D eigenvalue weighted by molar-refractivity contribution is 7.89. The molecule has 0 aromatic heterocycles. The van der Waals surface area contributed by atoms with Crippen LogP contribution in [0.4, 0.5) is 5.69 Å². The zero-order valence-electron chi connectivity index (χ0n) is 13.4. The van der Waals surface area contributed by atoms with Crippen LogP contribution >= 0.6 is 0 Å². The van der Waals surface area contributed by atoms with Crippen molar-refractivity contribution in [1.82, 2.24) is 4.72 Å². The molecule has 0 atom stereocenters. The van der Waals surface area contributed by atoms with E-state index in [4.69, 9.17) is 5.73 Å². The van der Waals surface area contributed by atoms with Gasteiger partial charge in [0.25, 0.3) is 0 Å². The number of para-hydroxylation sites is 1. The molecule has 6 heteroatoms. The lowest BCUT2D eigenvalue weighted by Crippen LogP contribution is -2.39. The third-order valence-electron chi connectivity index (χ3n) is 3.38. The molecule has 1 aromatic rings. The smallest absolute Gasteiger partial charge is 0.242 e. The van der Waals surface area contributed by atoms with Gasteiger partial charge in [-0.3, -0.25) is 0 Å². The fourth-order valence-corrected chi connectivity index (χ4v) is 3.43. The predicted octanol–water partition coefficient (Wildman–Crippen LogP) is 1.80. The van der Waals surface area contributed by atoms with Crippen LogP contribution in [0.3, 0.4) is 0 Å². The Balaban J connectivity index is 3.23. The van der Waals surface area contributed by atoms with Gasteiger partial charge in [0, 0.05) is 19.6 Å². The van der Waals surface area contributed by atoms with Gasteiger partial charge in [-0.05, 0) is 31.0 Å². The maximum Gasteiger partial charge on any atom is 0.242 e. The monoisotopic (exact) mass is 313 g/mol. The lowest BCUT2D eigenvalue weighted by Gasteiger charge is -2.33. The number of nitrogens with one attached hydrogen (secondary N) is 1. The summed E-state index contributed by atoms with van der Waals surface area (Å²) in [5, 5.41) is 0. The van der Waals surface area contributed by atoms with Crippen LogP contribution in [0, 0.1) is 5.41 Å². The molecule has 0 amide bonds. The first-order chi connectivity index (χ1) is 9.77. The molecule has 120 valence electrons. The molecule has 0 saturated heterocycles. The molecule has 5 nitrogen and oxygen atoms in total. The van der Waals surface area contributed by atoms with Crippen LogP contribution in [0.25, 0.3) is 0 Å². The van der Waals surface area contributed by atoms with Gasteiger partial charge in [-0.1, -0.05) is 32.9 Å². The van der Waals surface area contributed by atoms with E-state index in [2.05, 4.69) is 23.5 Å². The Labute approximate surface area is 128 Å². The Morgan fingerprint density at radius 3 is 2.38 bits per heavy atom. The summed E-state index contributed by atoms with van der Waals surface area (Å²) in [6, 6.07) is 7.10. The normalized spacial score (nSPS) is 12.4. The summed E-state index contributed by atoms with van der Waals surface area (Å²) in [5.74, 6) is 0. The van der Waals surface area contributed by atoms with Crippen LogP contribution in [0.2, 0.25) is 0 Å². The van der Waals surface area contributed by atoms with Gasteiger partial charge in [0.05, 0.1) is 5.69 Å². The highest BCUT2D eigenvalue weighted by Gasteiger charge is 2.24. The maximum absolute atomic E-state index is 12.3. The Morgan fingerprint density at radius 1 is 1.24 bits per heavy atom. The molecule has 0 bridgehead atoms. The molecule has 0 aliphatic rings. The number of hydrogen-bond acceptors (Lipinski definition) is 4. The van der Waals surface area contributed by atoms with Crippen LogP contribution in [-0.2, 0) is 10.0 Å². The van der Waals surface area contributed by atoms with E-state index in [9.17, 15) is 8.42 Å². The minimum absolute atomic E-state index is 0.0783. The molecule has 0 fully saturated rings. The first kappa shape index (κ1) is 17.9. The van der Waals surface area contributed by atoms with Crippen molar-refractivity contribution in [2.75, 3.05) is 31.1 Å². The van der Waals surface area contributed by atoms with E-state index < -0.39 is 10.0 Å². The van der Waals surface area contributed by atoms with Crippen LogP contribution in [0.5, 0.6) is 0 Å². The van der Waals surface area contributed by atoms with Crippen LogP contribution < -0.4 is 15.4 Å². The molecule has 0 radical (unpaired) electrons. The molecule has 0 heterocycles. The van der Waals surface area contributed by atoms with Crippen molar-refractivity contribution in [1.29, 1.82) is 0 Å². The zero-order valence-corrected chi connectivity index (χ0v) is 14.2. The number of hydrogen-bond donors (Lipinski definition) is 2. The second-order valence-electron chi connectivity index (χ2n) is 5.85. The summed E-state index contributed by atoms with van der Waals surface area (Å²) in [6.07, 6.45) is 0. The van der Waals surface area contributed by atoms with Crippen molar-refractivity contribution in [2.45, 2.75) is 32.6 Å². The third kappa shape index (κ3) is 4.69. The molecule has 3 N–H and O–H groups in total. The summed E-state index contributed by atoms with van der Waals surface area (Å²) in [4.78, 5) is 2.39. The van der Waals surface area contributed by atoms with Gasteiger partial charge in [-0.2, -0.15) is 0 Å². The van der Waals surface area contributed by atoms with E-state index >= 15 is 0 Å². The lowest BCUT2D eigenvalue weighted by atomic mass is 9.93. The van der Waals surface area contributed by atoms with Gasteiger partial charge in [0.2, 0.25) is 10.0 Å². The van der Waals surface area contributed by atoms with Crippen LogP contribution in [0.15, 0.2) is 29.2 Å². The van der Waals surface area contributed by atoms with Crippen molar-refractivity contribution in [3.63, 3.8) is 0 Å². The van der Waals surface area contributed by atoms with E-state index in [0.29, 0.717) is 24.5 Å². The van der Waals surface area contributed by atoms with E-state index in [1.165, 1.54) is 0 Å². The second kappa shape index (κ2) is 7.24. The largest absolute Gasteiger partial charge is 0.370 e. The first-order valence-corrected chi connectivity index (χ1v) is 8.79. The quantitative estimate of drug-likeness (QED) is 0.767. The second-order valence-corrected chi connectivity index (χ2v) is 7.59. The first-order valence-electron chi connectivity index (χ1n) is 7.31. The van der Waals surface area contributed by atoms with Gasteiger partial charge < -0.3 is 10.6 Å². The summed E-state index contributed by atoms with van der Waals surface area (Å²) in [6.45, 7) is 10.3. The zero-order chi connectivity index (χ0) is 16.1. The summed E-state index contributed by atoms with van der Waals surface area (Å²) < 4.78 is 27.2. The van der Waals surface area contributed by atoms with E-state index in [1.54, 1.807) is 19.1 Å². The number of anilines is 1. The molecule has 21 heavy (non-hydrogen) atoms. The summed E-state index contributed by atoms with van der Waals surface area (Å²) in [7, 11) is -3.48. The standard InChI is InChI=1S/C15H27N3O2S/c1-5-17-21(19,20)14-10-8-7-9-13(14)18(6-2)12-15(3,4)11-16/h7-10,17H,5-6,11-12,16H2,1-4H3. The molecule has 0 saturated carbocycles.